The molecule has 15 nitrogen and oxygen atoms in total. The topological polar surface area (TPSA) is 213 Å². The number of hydrogen-bond acceptors (Lipinski definition) is 14. The number of methoxy groups -OCH3 is 1. The zero-order valence-electron chi connectivity index (χ0n) is 34.8. The van der Waals surface area contributed by atoms with Crippen LogP contribution in [0.3, 0.4) is 0 Å². The van der Waals surface area contributed by atoms with E-state index >= 15 is 4.79 Å². The van der Waals surface area contributed by atoms with Gasteiger partial charge < -0.3 is 49.1 Å². The Morgan fingerprint density at radius 1 is 0.966 bits per heavy atom. The molecule has 3 fully saturated rings. The standard InChI is InChI=1S/C44H55NO14/c1-23-27(56-38(51)32(48)31(25-16-12-10-13-17-25)45-39(52)59-40(3,4)5)21-44(53)36(57-37(50)26-18-14-11-15-19-26)34-42(8,35(49)33(54-9)30(23)41(44,6)7)28(47)20-29-43(34,22-55-29)58-24(2)46/h10-19,27-29,31-34,36,47-48,53H,20-22H2,1-9H3,(H,45,52)/t27-,28-,29+,31?,32+,33+,34-,36-,42+,43-,44+/m0/s1. The molecule has 2 aromatic rings. The van der Waals surface area contributed by atoms with Gasteiger partial charge in [0.25, 0.3) is 0 Å². The van der Waals surface area contributed by atoms with Crippen LogP contribution in [0.2, 0.25) is 0 Å². The van der Waals surface area contributed by atoms with Crippen LogP contribution in [-0.2, 0) is 42.8 Å². The zero-order valence-corrected chi connectivity index (χ0v) is 34.8. The third-order valence-corrected chi connectivity index (χ3v) is 12.8. The van der Waals surface area contributed by atoms with E-state index in [1.165, 1.54) is 33.1 Å². The number of rotatable bonds is 9. The molecule has 0 spiro atoms. The minimum atomic E-state index is -2.27. The van der Waals surface area contributed by atoms with Gasteiger partial charge in [-0.05, 0) is 63.5 Å². The van der Waals surface area contributed by atoms with Crippen molar-refractivity contribution in [2.75, 3.05) is 13.7 Å². The van der Waals surface area contributed by atoms with Crippen LogP contribution in [0.15, 0.2) is 71.8 Å². The molecule has 320 valence electrons. The van der Waals surface area contributed by atoms with E-state index in [0.29, 0.717) is 11.1 Å². The number of nitrogens with one attached hydrogen (secondary N) is 1. The van der Waals surface area contributed by atoms with Gasteiger partial charge in [-0.25, -0.2) is 14.4 Å². The number of esters is 3. The Morgan fingerprint density at radius 3 is 2.12 bits per heavy atom. The van der Waals surface area contributed by atoms with Gasteiger partial charge in [0.2, 0.25) is 0 Å². The lowest BCUT2D eigenvalue weighted by molar-refractivity contribution is -0.346. The maximum atomic E-state index is 15.3. The molecule has 1 heterocycles. The van der Waals surface area contributed by atoms with Crippen molar-refractivity contribution < 1.29 is 67.7 Å². The summed E-state index contributed by atoms with van der Waals surface area (Å²) in [5.74, 6) is -4.91. The Labute approximate surface area is 343 Å². The molecule has 6 rings (SSSR count). The van der Waals surface area contributed by atoms with Crippen LogP contribution in [0.1, 0.15) is 90.2 Å². The van der Waals surface area contributed by atoms with E-state index in [1.807, 2.05) is 0 Å². The number of carbonyl (C=O) groups is 5. The van der Waals surface area contributed by atoms with E-state index in [9.17, 15) is 34.5 Å². The quantitative estimate of drug-likeness (QED) is 0.161. The summed E-state index contributed by atoms with van der Waals surface area (Å²) < 4.78 is 35.8. The average molecular weight is 822 g/mol. The molecule has 4 N–H and O–H groups in total. The molecule has 59 heavy (non-hydrogen) atoms. The van der Waals surface area contributed by atoms with Crippen molar-refractivity contribution in [3.05, 3.63) is 82.9 Å². The Bertz CT molecular complexity index is 1990. The molecule has 1 amide bonds. The highest BCUT2D eigenvalue weighted by Crippen LogP contribution is 2.64. The van der Waals surface area contributed by atoms with Crippen LogP contribution in [-0.4, -0.2) is 112 Å². The third-order valence-electron chi connectivity index (χ3n) is 12.8. The summed E-state index contributed by atoms with van der Waals surface area (Å²) >= 11 is 0. The molecule has 1 aliphatic heterocycles. The highest BCUT2D eigenvalue weighted by atomic mass is 16.6. The first kappa shape index (κ1) is 43.9. The van der Waals surface area contributed by atoms with Crippen molar-refractivity contribution >= 4 is 29.8 Å². The van der Waals surface area contributed by atoms with E-state index in [0.717, 1.165) is 0 Å². The fourth-order valence-corrected chi connectivity index (χ4v) is 9.75. The number of ether oxygens (including phenoxy) is 6. The molecule has 11 atom stereocenters. The van der Waals surface area contributed by atoms with Crippen LogP contribution in [0.25, 0.3) is 0 Å². The molecule has 2 aromatic carbocycles. The minimum absolute atomic E-state index is 0.108. The minimum Gasteiger partial charge on any atom is -0.456 e. The predicted molar refractivity (Wildman–Crippen MR) is 208 cm³/mol. The second-order valence-corrected chi connectivity index (χ2v) is 17.8. The number of alkyl carbamates (subject to hydrolysis) is 1. The summed E-state index contributed by atoms with van der Waals surface area (Å²) in [6.07, 6.45) is -10.5. The molecular weight excluding hydrogens is 766 g/mol. The van der Waals surface area contributed by atoms with Gasteiger partial charge in [-0.1, -0.05) is 62.4 Å². The fraction of sp³-hybridized carbons (Fsp3) is 0.568. The van der Waals surface area contributed by atoms with Crippen molar-refractivity contribution in [2.45, 2.75) is 128 Å². The number of aliphatic hydroxyl groups excluding tert-OH is 2. The maximum Gasteiger partial charge on any atom is 0.408 e. The van der Waals surface area contributed by atoms with Gasteiger partial charge in [0, 0.05) is 32.3 Å². The molecule has 0 radical (unpaired) electrons. The highest BCUT2D eigenvalue weighted by molar-refractivity contribution is 5.94. The first-order valence-corrected chi connectivity index (χ1v) is 19.7. The molecule has 2 bridgehead atoms. The van der Waals surface area contributed by atoms with Crippen molar-refractivity contribution in [1.29, 1.82) is 0 Å². The van der Waals surface area contributed by atoms with Gasteiger partial charge in [0.1, 0.15) is 35.6 Å². The van der Waals surface area contributed by atoms with Crippen molar-refractivity contribution in [3.8, 4) is 0 Å². The Balaban J connectivity index is 1.51. The van der Waals surface area contributed by atoms with Gasteiger partial charge in [-0.3, -0.25) is 9.59 Å². The number of benzene rings is 2. The van der Waals surface area contributed by atoms with E-state index in [1.54, 1.807) is 90.1 Å². The first-order valence-electron chi connectivity index (χ1n) is 19.7. The Kier molecular flexibility index (Phi) is 11.7. The van der Waals surface area contributed by atoms with Crippen LogP contribution in [0.5, 0.6) is 0 Å². The molecule has 15 heteroatoms. The van der Waals surface area contributed by atoms with E-state index in [4.69, 9.17) is 28.4 Å². The molecular formula is C44H55NO14. The molecule has 0 aromatic heterocycles. The molecule has 1 saturated heterocycles. The number of fused-ring (bicyclic) bond motifs is 5. The summed E-state index contributed by atoms with van der Waals surface area (Å²) in [6, 6.07) is 14.9. The number of hydrogen-bond donors (Lipinski definition) is 4. The fourth-order valence-electron chi connectivity index (χ4n) is 9.75. The van der Waals surface area contributed by atoms with Crippen molar-refractivity contribution in [2.24, 2.45) is 16.7 Å². The summed E-state index contributed by atoms with van der Waals surface area (Å²) in [4.78, 5) is 69.6. The number of aliphatic hydroxyl groups is 3. The second-order valence-electron chi connectivity index (χ2n) is 17.8. The second kappa shape index (κ2) is 15.7. The van der Waals surface area contributed by atoms with Gasteiger partial charge in [-0.2, -0.15) is 0 Å². The van der Waals surface area contributed by atoms with Crippen LogP contribution < -0.4 is 5.32 Å². The highest BCUT2D eigenvalue weighted by Gasteiger charge is 2.78. The largest absolute Gasteiger partial charge is 0.456 e. The number of ketones is 1. The average Bonchev–Trinajstić information content (AvgIpc) is 3.16. The van der Waals surface area contributed by atoms with E-state index in [2.05, 4.69) is 5.32 Å². The number of amides is 1. The summed E-state index contributed by atoms with van der Waals surface area (Å²) in [5.41, 5.74) is -7.29. The molecule has 3 aliphatic carbocycles. The molecule has 2 saturated carbocycles. The Hall–Kier alpha value is -4.67. The van der Waals surface area contributed by atoms with E-state index < -0.39 is 112 Å². The van der Waals surface area contributed by atoms with Gasteiger partial charge in [0.05, 0.1) is 35.6 Å². The lowest BCUT2D eigenvalue weighted by Crippen LogP contribution is -2.81. The third kappa shape index (κ3) is 7.45. The predicted octanol–water partition coefficient (Wildman–Crippen LogP) is 3.91. The monoisotopic (exact) mass is 821 g/mol. The Morgan fingerprint density at radius 2 is 1.58 bits per heavy atom. The van der Waals surface area contributed by atoms with E-state index in [-0.39, 0.29) is 24.2 Å². The number of carbonyl (C=O) groups excluding carboxylic acids is 5. The lowest BCUT2D eigenvalue weighted by Gasteiger charge is -2.67. The zero-order chi connectivity index (χ0) is 43.5. The van der Waals surface area contributed by atoms with Crippen molar-refractivity contribution in [1.82, 2.24) is 5.32 Å². The smallest absolute Gasteiger partial charge is 0.408 e. The van der Waals surface area contributed by atoms with Gasteiger partial charge >= 0.3 is 24.0 Å². The van der Waals surface area contributed by atoms with Crippen LogP contribution >= 0.6 is 0 Å². The normalized spacial score (nSPS) is 33.3. The van der Waals surface area contributed by atoms with Gasteiger partial charge in [0.15, 0.2) is 17.5 Å². The summed E-state index contributed by atoms with van der Waals surface area (Å²) in [5, 5.41) is 39.8. The molecule has 4 aliphatic rings. The SMILES string of the molecule is CO[C@H]1C(=O)[C@@]2(C)[C@H]([C@H](OC(=O)c3ccccc3)[C@]3(O)C[C@H](OC(=O)[C@H](O)C(NC(=O)OC(C)(C)C)c4ccccc4)C(C)=C1C3(C)C)[C@]1(OC(C)=O)CO[C@@H]1C[C@@H]2O. The summed E-state index contributed by atoms with van der Waals surface area (Å²) in [7, 11) is 1.29. The van der Waals surface area contributed by atoms with Crippen LogP contribution in [0.4, 0.5) is 4.79 Å². The van der Waals surface area contributed by atoms with Crippen molar-refractivity contribution in [3.63, 3.8) is 0 Å². The first-order chi connectivity index (χ1) is 27.5. The lowest BCUT2D eigenvalue weighted by atomic mass is 9.44. The molecule has 1 unspecified atom stereocenters. The van der Waals surface area contributed by atoms with Crippen LogP contribution in [0, 0.1) is 16.7 Å². The number of Topliss-reactive ketones (excluding diaryl/α,β-unsaturated/α-hetero) is 1. The summed E-state index contributed by atoms with van der Waals surface area (Å²) in [6.45, 7) is 12.3. The van der Waals surface area contributed by atoms with Gasteiger partial charge in [-0.15, -0.1) is 0 Å². The maximum absolute atomic E-state index is 15.3.